The summed E-state index contributed by atoms with van der Waals surface area (Å²) >= 11 is 0. The van der Waals surface area contributed by atoms with Crippen LogP contribution in [-0.2, 0) is 19.1 Å². The predicted molar refractivity (Wildman–Crippen MR) is 115 cm³/mol. The number of rotatable bonds is 11. The van der Waals surface area contributed by atoms with Crippen LogP contribution in [0.4, 0.5) is 0 Å². The molecule has 6 nitrogen and oxygen atoms in total. The minimum atomic E-state index is 0.150. The van der Waals surface area contributed by atoms with Crippen LogP contribution >= 0.6 is 0 Å². The first-order valence-corrected chi connectivity index (χ1v) is 11.7. The number of Topliss-reactive ketones (excluding diaryl/α,β-unsaturated/α-hetero) is 1. The van der Waals surface area contributed by atoms with E-state index in [9.17, 15) is 9.59 Å². The van der Waals surface area contributed by atoms with E-state index in [0.717, 1.165) is 58.3 Å². The molecule has 0 aliphatic carbocycles. The molecule has 1 amide bonds. The lowest BCUT2D eigenvalue weighted by Crippen LogP contribution is -2.49. The van der Waals surface area contributed by atoms with Gasteiger partial charge in [-0.3, -0.25) is 9.59 Å². The first-order valence-electron chi connectivity index (χ1n) is 11.7. The number of hydrogen-bond acceptors (Lipinski definition) is 5. The third-order valence-electron chi connectivity index (χ3n) is 6.50. The van der Waals surface area contributed by atoms with Crippen LogP contribution in [0.1, 0.15) is 66.2 Å². The van der Waals surface area contributed by atoms with Crippen molar-refractivity contribution in [2.75, 3.05) is 46.0 Å². The highest BCUT2D eigenvalue weighted by molar-refractivity contribution is 5.82. The topological polar surface area (TPSA) is 59.1 Å². The van der Waals surface area contributed by atoms with Crippen LogP contribution in [0.15, 0.2) is 0 Å². The molecular weight excluding hydrogens is 368 g/mol. The summed E-state index contributed by atoms with van der Waals surface area (Å²) in [6, 6.07) is 0.558. The summed E-state index contributed by atoms with van der Waals surface area (Å²) in [5.74, 6) is 1.03. The molecule has 6 heteroatoms. The Labute approximate surface area is 177 Å². The van der Waals surface area contributed by atoms with Crippen molar-refractivity contribution in [3.05, 3.63) is 0 Å². The van der Waals surface area contributed by atoms with Gasteiger partial charge in [-0.15, -0.1) is 0 Å². The summed E-state index contributed by atoms with van der Waals surface area (Å²) in [4.78, 5) is 29.2. The van der Waals surface area contributed by atoms with Crippen LogP contribution in [0.25, 0.3) is 0 Å². The van der Waals surface area contributed by atoms with Gasteiger partial charge >= 0.3 is 0 Å². The van der Waals surface area contributed by atoms with E-state index in [1.807, 2.05) is 18.7 Å². The van der Waals surface area contributed by atoms with Crippen LogP contribution in [-0.4, -0.2) is 79.6 Å². The second kappa shape index (κ2) is 12.7. The fourth-order valence-electron chi connectivity index (χ4n) is 4.35. The number of carbonyl (C=O) groups excluding carboxylic acids is 2. The number of ketones is 1. The van der Waals surface area contributed by atoms with Crippen molar-refractivity contribution in [3.63, 3.8) is 0 Å². The maximum absolute atomic E-state index is 12.4. The normalized spacial score (nSPS) is 20.9. The zero-order chi connectivity index (χ0) is 21.2. The predicted octanol–water partition coefficient (Wildman–Crippen LogP) is 3.14. The van der Waals surface area contributed by atoms with E-state index in [2.05, 4.69) is 18.7 Å². The van der Waals surface area contributed by atoms with E-state index in [-0.39, 0.29) is 23.8 Å². The first-order chi connectivity index (χ1) is 13.9. The first kappa shape index (κ1) is 24.3. The van der Waals surface area contributed by atoms with Crippen LogP contribution < -0.4 is 0 Å². The zero-order valence-electron chi connectivity index (χ0n) is 19.0. The molecule has 2 heterocycles. The van der Waals surface area contributed by atoms with E-state index >= 15 is 0 Å². The molecule has 2 aliphatic heterocycles. The highest BCUT2D eigenvalue weighted by Gasteiger charge is 2.32. The molecule has 0 aromatic rings. The van der Waals surface area contributed by atoms with Crippen LogP contribution in [0.3, 0.4) is 0 Å². The highest BCUT2D eigenvalue weighted by Crippen LogP contribution is 2.26. The smallest absolute Gasteiger partial charge is 0.224 e. The quantitative estimate of drug-likeness (QED) is 0.490. The molecule has 0 saturated carbocycles. The molecule has 2 aliphatic rings. The number of amides is 1. The molecule has 1 unspecified atom stereocenters. The fraction of sp³-hybridized carbons (Fsp3) is 0.913. The number of ether oxygens (including phenoxy) is 2. The molecule has 2 saturated heterocycles. The van der Waals surface area contributed by atoms with E-state index in [4.69, 9.17) is 9.47 Å². The minimum Gasteiger partial charge on any atom is -0.379 e. The lowest BCUT2D eigenvalue weighted by Gasteiger charge is -2.41. The Kier molecular flexibility index (Phi) is 10.6. The number of piperidine rings is 2. The van der Waals surface area contributed by atoms with Gasteiger partial charge in [0.2, 0.25) is 5.91 Å². The number of nitrogens with zero attached hydrogens (tertiary/aromatic N) is 2. The summed E-state index contributed by atoms with van der Waals surface area (Å²) < 4.78 is 11.1. The molecule has 0 aromatic heterocycles. The van der Waals surface area contributed by atoms with Gasteiger partial charge in [0.15, 0.2) is 0 Å². The Morgan fingerprint density at radius 3 is 2.17 bits per heavy atom. The maximum Gasteiger partial charge on any atom is 0.224 e. The molecule has 0 radical (unpaired) electrons. The summed E-state index contributed by atoms with van der Waals surface area (Å²) in [6.07, 6.45) is 5.79. The van der Waals surface area contributed by atoms with Crippen molar-refractivity contribution >= 4 is 11.7 Å². The molecule has 29 heavy (non-hydrogen) atoms. The van der Waals surface area contributed by atoms with Gasteiger partial charge in [-0.2, -0.15) is 0 Å². The molecule has 168 valence electrons. The molecule has 0 N–H and O–H groups in total. The van der Waals surface area contributed by atoms with Gasteiger partial charge in [0.25, 0.3) is 0 Å². The summed E-state index contributed by atoms with van der Waals surface area (Å²) in [5.41, 5.74) is 0. The molecule has 2 fully saturated rings. The summed E-state index contributed by atoms with van der Waals surface area (Å²) in [6.45, 7) is 13.5. The largest absolute Gasteiger partial charge is 0.379 e. The van der Waals surface area contributed by atoms with E-state index in [1.165, 1.54) is 0 Å². The van der Waals surface area contributed by atoms with Gasteiger partial charge in [0.05, 0.1) is 32.3 Å². The van der Waals surface area contributed by atoms with Crippen molar-refractivity contribution in [1.82, 2.24) is 9.80 Å². The van der Waals surface area contributed by atoms with Gasteiger partial charge in [0, 0.05) is 31.0 Å². The van der Waals surface area contributed by atoms with Gasteiger partial charge in [-0.25, -0.2) is 0 Å². The Morgan fingerprint density at radius 2 is 1.59 bits per heavy atom. The zero-order valence-corrected chi connectivity index (χ0v) is 19.0. The minimum absolute atomic E-state index is 0.150. The number of carbonyl (C=O) groups is 2. The third kappa shape index (κ3) is 7.99. The Bertz CT molecular complexity index is 495. The maximum atomic E-state index is 12.4. The molecular formula is C23H42N2O4. The van der Waals surface area contributed by atoms with Crippen molar-refractivity contribution in [2.24, 2.45) is 11.8 Å². The van der Waals surface area contributed by atoms with E-state index in [1.54, 1.807) is 0 Å². The second-order valence-electron chi connectivity index (χ2n) is 8.93. The molecule has 0 bridgehead atoms. The van der Waals surface area contributed by atoms with Crippen LogP contribution in [0, 0.1) is 11.8 Å². The molecule has 0 spiro atoms. The van der Waals surface area contributed by atoms with Gasteiger partial charge in [-0.1, -0.05) is 20.8 Å². The second-order valence-corrected chi connectivity index (χ2v) is 8.93. The van der Waals surface area contributed by atoms with E-state index < -0.39 is 0 Å². The number of hydrogen-bond donors (Lipinski definition) is 0. The Balaban J connectivity index is 1.58. The van der Waals surface area contributed by atoms with Gasteiger partial charge < -0.3 is 19.3 Å². The average Bonchev–Trinajstić information content (AvgIpc) is 2.75. The van der Waals surface area contributed by atoms with Crippen molar-refractivity contribution < 1.29 is 19.1 Å². The summed E-state index contributed by atoms with van der Waals surface area (Å²) in [7, 11) is 0. The van der Waals surface area contributed by atoms with Crippen molar-refractivity contribution in [3.8, 4) is 0 Å². The van der Waals surface area contributed by atoms with Gasteiger partial charge in [0.1, 0.15) is 5.78 Å². The third-order valence-corrected chi connectivity index (χ3v) is 6.50. The standard InChI is InChI=1S/C23H42N2O4/c1-5-19(4)29-17-16-28-15-10-22(26)25-13-8-21(9-14-25)24-11-6-20(7-12-24)23(27)18(2)3/h18-21H,5-17H2,1-4H3. The summed E-state index contributed by atoms with van der Waals surface area (Å²) in [5, 5.41) is 0. The van der Waals surface area contributed by atoms with Gasteiger partial charge in [-0.05, 0) is 52.1 Å². The van der Waals surface area contributed by atoms with Crippen molar-refractivity contribution in [1.29, 1.82) is 0 Å². The Hall–Kier alpha value is -0.980. The van der Waals surface area contributed by atoms with Crippen LogP contribution in [0.5, 0.6) is 0 Å². The number of likely N-dealkylation sites (tertiary alicyclic amines) is 2. The molecule has 2 rings (SSSR count). The Morgan fingerprint density at radius 1 is 0.931 bits per heavy atom. The lowest BCUT2D eigenvalue weighted by molar-refractivity contribution is -0.134. The highest BCUT2D eigenvalue weighted by atomic mass is 16.5. The molecule has 1 atom stereocenters. The van der Waals surface area contributed by atoms with Crippen molar-refractivity contribution in [2.45, 2.75) is 78.4 Å². The monoisotopic (exact) mass is 410 g/mol. The fourth-order valence-corrected chi connectivity index (χ4v) is 4.35. The van der Waals surface area contributed by atoms with E-state index in [0.29, 0.717) is 38.1 Å². The average molecular weight is 411 g/mol. The SMILES string of the molecule is CCC(C)OCCOCCC(=O)N1CCC(N2CCC(C(=O)C(C)C)CC2)CC1. The lowest BCUT2D eigenvalue weighted by atomic mass is 9.86. The molecule has 0 aromatic carbocycles. The van der Waals surface area contributed by atoms with Crippen LogP contribution in [0.2, 0.25) is 0 Å².